The van der Waals surface area contributed by atoms with Gasteiger partial charge < -0.3 is 13.9 Å². The van der Waals surface area contributed by atoms with E-state index in [2.05, 4.69) is 15.1 Å². The average Bonchev–Trinajstić information content (AvgIpc) is 3.07. The van der Waals surface area contributed by atoms with Crippen LogP contribution in [-0.4, -0.2) is 15.1 Å². The molecule has 0 unspecified atom stereocenters. The number of hydrogen-bond donors (Lipinski definition) is 1. The summed E-state index contributed by atoms with van der Waals surface area (Å²) in [7, 11) is 0. The zero-order valence-corrected chi connectivity index (χ0v) is 9.47. The molecule has 0 spiro atoms. The molecule has 0 atom stereocenters. The molecule has 6 heteroatoms. The molecule has 0 amide bonds. The lowest BCUT2D eigenvalue weighted by Gasteiger charge is -1.87. The molecular formula is C12H8N4O2. The third-order valence-electron chi connectivity index (χ3n) is 2.54. The molecule has 0 aromatic carbocycles. The highest BCUT2D eigenvalue weighted by molar-refractivity contribution is 5.59. The molecule has 0 radical (unpaired) electrons. The number of H-pyrrole nitrogens is 1. The molecule has 88 valence electrons. The van der Waals surface area contributed by atoms with Gasteiger partial charge in [-0.25, -0.2) is 0 Å². The first-order valence-corrected chi connectivity index (χ1v) is 5.25. The number of aromatic amines is 1. The minimum absolute atomic E-state index is 0.346. The molecule has 3 aromatic heterocycles. The molecule has 18 heavy (non-hydrogen) atoms. The van der Waals surface area contributed by atoms with Crippen LogP contribution in [0.3, 0.4) is 0 Å². The Bertz CT molecular complexity index is 729. The highest BCUT2D eigenvalue weighted by atomic mass is 16.5. The van der Waals surface area contributed by atoms with Crippen molar-refractivity contribution in [1.29, 1.82) is 5.26 Å². The lowest BCUT2D eigenvalue weighted by Crippen LogP contribution is -1.80. The summed E-state index contributed by atoms with van der Waals surface area (Å²) in [5.41, 5.74) is 2.06. The molecule has 0 bridgehead atoms. The number of furan rings is 1. The third kappa shape index (κ3) is 1.58. The molecule has 0 aliphatic heterocycles. The van der Waals surface area contributed by atoms with E-state index in [0.717, 1.165) is 5.56 Å². The second-order valence-electron chi connectivity index (χ2n) is 3.77. The first-order chi connectivity index (χ1) is 8.78. The lowest BCUT2D eigenvalue weighted by atomic mass is 10.3. The molecule has 0 saturated heterocycles. The molecule has 3 heterocycles. The molecule has 0 aliphatic carbocycles. The zero-order valence-electron chi connectivity index (χ0n) is 9.47. The number of nitrogens with one attached hydrogen (secondary N) is 1. The first-order valence-electron chi connectivity index (χ1n) is 5.25. The van der Waals surface area contributed by atoms with E-state index in [-0.39, 0.29) is 0 Å². The maximum atomic E-state index is 8.73. The quantitative estimate of drug-likeness (QED) is 0.742. The van der Waals surface area contributed by atoms with E-state index in [1.807, 2.05) is 19.1 Å². The highest BCUT2D eigenvalue weighted by Gasteiger charge is 2.15. The first kappa shape index (κ1) is 10.4. The van der Waals surface area contributed by atoms with Gasteiger partial charge in [-0.2, -0.15) is 10.2 Å². The minimum atomic E-state index is 0.346. The monoisotopic (exact) mass is 240 g/mol. The highest BCUT2D eigenvalue weighted by Crippen LogP contribution is 2.25. The average molecular weight is 240 g/mol. The van der Waals surface area contributed by atoms with E-state index in [9.17, 15) is 0 Å². The van der Waals surface area contributed by atoms with Crippen molar-refractivity contribution in [3.05, 3.63) is 35.9 Å². The van der Waals surface area contributed by atoms with Crippen molar-refractivity contribution in [3.63, 3.8) is 0 Å². The Kier molecular flexibility index (Phi) is 2.24. The fraction of sp³-hybridized carbons (Fsp3) is 0.0833. The summed E-state index contributed by atoms with van der Waals surface area (Å²) in [6.45, 7) is 1.90. The number of nitrogens with zero attached hydrogens (tertiary/aromatic N) is 3. The molecule has 3 rings (SSSR count). The van der Waals surface area contributed by atoms with Gasteiger partial charge in [-0.3, -0.25) is 0 Å². The van der Waals surface area contributed by atoms with Crippen LogP contribution >= 0.6 is 0 Å². The van der Waals surface area contributed by atoms with Gasteiger partial charge in [0.2, 0.25) is 5.82 Å². The largest absolute Gasteiger partial charge is 0.461 e. The van der Waals surface area contributed by atoms with E-state index in [4.69, 9.17) is 14.2 Å². The Morgan fingerprint density at radius 2 is 2.33 bits per heavy atom. The van der Waals surface area contributed by atoms with Crippen LogP contribution in [0.4, 0.5) is 0 Å². The van der Waals surface area contributed by atoms with Crippen molar-refractivity contribution in [2.24, 2.45) is 0 Å². The van der Waals surface area contributed by atoms with Crippen molar-refractivity contribution in [3.8, 4) is 29.1 Å². The standard InChI is InChI=1S/C12H8N4O2/c1-7-2-3-17-10(7)11-15-12(18-16-11)8-4-9(5-13)14-6-8/h2-4,6,14H,1H3. The second kappa shape index (κ2) is 3.89. The lowest BCUT2D eigenvalue weighted by molar-refractivity contribution is 0.429. The molecule has 1 N–H and O–H groups in total. The number of aryl methyl sites for hydroxylation is 1. The Balaban J connectivity index is 1.99. The van der Waals surface area contributed by atoms with Crippen LogP contribution in [0.25, 0.3) is 23.0 Å². The number of aromatic nitrogens is 3. The third-order valence-corrected chi connectivity index (χ3v) is 2.54. The summed E-state index contributed by atoms with van der Waals surface area (Å²) in [4.78, 5) is 7.03. The van der Waals surface area contributed by atoms with E-state index in [1.54, 1.807) is 18.5 Å². The summed E-state index contributed by atoms with van der Waals surface area (Å²) < 4.78 is 10.4. The van der Waals surface area contributed by atoms with Crippen LogP contribution in [-0.2, 0) is 0 Å². The van der Waals surface area contributed by atoms with E-state index in [0.29, 0.717) is 28.7 Å². The zero-order chi connectivity index (χ0) is 12.5. The normalized spacial score (nSPS) is 10.4. The Morgan fingerprint density at radius 1 is 1.44 bits per heavy atom. The maximum absolute atomic E-state index is 8.73. The van der Waals surface area contributed by atoms with Gasteiger partial charge in [0.15, 0.2) is 5.76 Å². The summed E-state index contributed by atoms with van der Waals surface area (Å²) in [6, 6.07) is 5.47. The summed E-state index contributed by atoms with van der Waals surface area (Å²) in [5, 5.41) is 12.6. The molecule has 3 aromatic rings. The molecular weight excluding hydrogens is 232 g/mol. The van der Waals surface area contributed by atoms with E-state index >= 15 is 0 Å². The van der Waals surface area contributed by atoms with Gasteiger partial charge in [0.25, 0.3) is 5.89 Å². The van der Waals surface area contributed by atoms with Gasteiger partial charge in [-0.05, 0) is 24.6 Å². The smallest absolute Gasteiger partial charge is 0.259 e. The SMILES string of the molecule is Cc1ccoc1-c1noc(-c2c[nH]c(C#N)c2)n1. The van der Waals surface area contributed by atoms with Crippen molar-refractivity contribution in [2.75, 3.05) is 0 Å². The van der Waals surface area contributed by atoms with Gasteiger partial charge in [-0.1, -0.05) is 5.16 Å². The van der Waals surface area contributed by atoms with Gasteiger partial charge >= 0.3 is 0 Å². The van der Waals surface area contributed by atoms with Gasteiger partial charge in [-0.15, -0.1) is 0 Å². The Labute approximate surface area is 102 Å². The van der Waals surface area contributed by atoms with Crippen LogP contribution < -0.4 is 0 Å². The van der Waals surface area contributed by atoms with Crippen LogP contribution in [0.2, 0.25) is 0 Å². The summed E-state index contributed by atoms with van der Waals surface area (Å²) in [5.74, 6) is 1.33. The van der Waals surface area contributed by atoms with Crippen molar-refractivity contribution in [2.45, 2.75) is 6.92 Å². The fourth-order valence-electron chi connectivity index (χ4n) is 1.62. The number of nitriles is 1. The van der Waals surface area contributed by atoms with E-state index < -0.39 is 0 Å². The van der Waals surface area contributed by atoms with Gasteiger partial charge in [0, 0.05) is 6.20 Å². The molecule has 0 saturated carbocycles. The molecule has 6 nitrogen and oxygen atoms in total. The number of hydrogen-bond acceptors (Lipinski definition) is 5. The molecule has 0 aliphatic rings. The summed E-state index contributed by atoms with van der Waals surface area (Å²) in [6.07, 6.45) is 3.22. The van der Waals surface area contributed by atoms with E-state index in [1.165, 1.54) is 0 Å². The number of rotatable bonds is 2. The second-order valence-corrected chi connectivity index (χ2v) is 3.77. The Hall–Kier alpha value is -2.81. The van der Waals surface area contributed by atoms with Crippen LogP contribution in [0, 0.1) is 18.3 Å². The maximum Gasteiger partial charge on any atom is 0.259 e. The van der Waals surface area contributed by atoms with Crippen molar-refractivity contribution < 1.29 is 8.94 Å². The van der Waals surface area contributed by atoms with Gasteiger partial charge in [0.1, 0.15) is 11.8 Å². The molecule has 0 fully saturated rings. The predicted molar refractivity (Wildman–Crippen MR) is 61.2 cm³/mol. The van der Waals surface area contributed by atoms with Gasteiger partial charge in [0.05, 0.1) is 11.8 Å². The van der Waals surface area contributed by atoms with Crippen LogP contribution in [0.1, 0.15) is 11.3 Å². The van der Waals surface area contributed by atoms with Crippen LogP contribution in [0.5, 0.6) is 0 Å². The Morgan fingerprint density at radius 3 is 3.00 bits per heavy atom. The minimum Gasteiger partial charge on any atom is -0.461 e. The van der Waals surface area contributed by atoms with Crippen molar-refractivity contribution in [1.82, 2.24) is 15.1 Å². The predicted octanol–water partition coefficient (Wildman–Crippen LogP) is 2.50. The topological polar surface area (TPSA) is 91.6 Å². The summed E-state index contributed by atoms with van der Waals surface area (Å²) >= 11 is 0. The fourth-order valence-corrected chi connectivity index (χ4v) is 1.62. The van der Waals surface area contributed by atoms with Crippen molar-refractivity contribution >= 4 is 0 Å². The van der Waals surface area contributed by atoms with Crippen LogP contribution in [0.15, 0.2) is 33.5 Å².